The molecule has 0 bridgehead atoms. The number of hydrogen-bond acceptors (Lipinski definition) is 1. The maximum absolute atomic E-state index is 5.58. The maximum Gasteiger partial charge on any atom is 0.0999 e. The van der Waals surface area contributed by atoms with Crippen molar-refractivity contribution in [2.75, 3.05) is 0 Å². The predicted molar refractivity (Wildman–Crippen MR) is 40.5 cm³/mol. The van der Waals surface area contributed by atoms with E-state index in [-0.39, 0.29) is 0 Å². The van der Waals surface area contributed by atoms with E-state index in [4.69, 9.17) is 4.74 Å². The molecule has 2 aliphatic rings. The van der Waals surface area contributed by atoms with Crippen LogP contribution in [0.25, 0.3) is 0 Å². The summed E-state index contributed by atoms with van der Waals surface area (Å²) in [5, 5.41) is 0. The average molecular weight is 136 g/mol. The first kappa shape index (κ1) is 6.02. The van der Waals surface area contributed by atoms with Gasteiger partial charge in [0.1, 0.15) is 0 Å². The highest BCUT2D eigenvalue weighted by atomic mass is 16.5. The lowest BCUT2D eigenvalue weighted by Gasteiger charge is -2.09. The maximum atomic E-state index is 5.58. The molecule has 2 rings (SSSR count). The lowest BCUT2D eigenvalue weighted by Crippen LogP contribution is -1.98. The van der Waals surface area contributed by atoms with E-state index < -0.39 is 0 Å². The minimum absolute atomic E-state index is 0.441. The summed E-state index contributed by atoms with van der Waals surface area (Å²) in [6, 6.07) is 0. The first-order valence-electron chi connectivity index (χ1n) is 3.89. The molecule has 0 aromatic heterocycles. The zero-order valence-electron chi connectivity index (χ0n) is 6.21. The van der Waals surface area contributed by atoms with E-state index in [0.717, 1.165) is 0 Å². The molecular weight excluding hydrogens is 124 g/mol. The van der Waals surface area contributed by atoms with Gasteiger partial charge in [-0.2, -0.15) is 0 Å². The topological polar surface area (TPSA) is 9.23 Å². The molecular formula is C9H12O. The zero-order chi connectivity index (χ0) is 6.97. The number of hydrogen-bond donors (Lipinski definition) is 0. The Bertz CT molecular complexity index is 191. The second kappa shape index (κ2) is 2.15. The van der Waals surface area contributed by atoms with Crippen molar-refractivity contribution in [3.05, 3.63) is 24.0 Å². The van der Waals surface area contributed by atoms with Gasteiger partial charge in [0.05, 0.1) is 11.9 Å². The summed E-state index contributed by atoms with van der Waals surface area (Å²) >= 11 is 0. The van der Waals surface area contributed by atoms with Crippen molar-refractivity contribution in [1.29, 1.82) is 0 Å². The van der Waals surface area contributed by atoms with Gasteiger partial charge < -0.3 is 4.74 Å². The van der Waals surface area contributed by atoms with Crippen LogP contribution >= 0.6 is 0 Å². The Morgan fingerprint density at radius 2 is 2.50 bits per heavy atom. The van der Waals surface area contributed by atoms with E-state index >= 15 is 0 Å². The van der Waals surface area contributed by atoms with Crippen molar-refractivity contribution in [3.8, 4) is 0 Å². The Hall–Kier alpha value is -0.720. The van der Waals surface area contributed by atoms with Crippen LogP contribution in [-0.4, -0.2) is 6.10 Å². The van der Waals surface area contributed by atoms with Crippen molar-refractivity contribution in [2.24, 2.45) is 5.92 Å². The van der Waals surface area contributed by atoms with Crippen LogP contribution in [0, 0.1) is 5.92 Å². The molecule has 2 unspecified atom stereocenters. The molecule has 1 heteroatoms. The summed E-state index contributed by atoms with van der Waals surface area (Å²) in [6.07, 6.45) is 9.22. The SMILES string of the molecule is CC1CC2CC=CC=C2O1. The molecule has 1 nitrogen and oxygen atoms in total. The van der Waals surface area contributed by atoms with Crippen LogP contribution in [0.15, 0.2) is 24.0 Å². The fraction of sp³-hybridized carbons (Fsp3) is 0.556. The molecule has 1 aliphatic carbocycles. The molecule has 1 aliphatic heterocycles. The lowest BCUT2D eigenvalue weighted by molar-refractivity contribution is 0.176. The molecule has 1 fully saturated rings. The summed E-state index contributed by atoms with van der Waals surface area (Å²) in [4.78, 5) is 0. The Morgan fingerprint density at radius 1 is 1.60 bits per heavy atom. The van der Waals surface area contributed by atoms with Gasteiger partial charge in [-0.15, -0.1) is 0 Å². The van der Waals surface area contributed by atoms with E-state index in [1.807, 2.05) is 0 Å². The molecule has 0 N–H and O–H groups in total. The van der Waals surface area contributed by atoms with Crippen LogP contribution in [0.2, 0.25) is 0 Å². The molecule has 10 heavy (non-hydrogen) atoms. The third-order valence-corrected chi connectivity index (χ3v) is 2.17. The fourth-order valence-corrected chi connectivity index (χ4v) is 1.69. The Labute approximate surface area is 61.4 Å². The van der Waals surface area contributed by atoms with Crippen molar-refractivity contribution >= 4 is 0 Å². The van der Waals surface area contributed by atoms with Crippen LogP contribution in [0.5, 0.6) is 0 Å². The summed E-state index contributed by atoms with van der Waals surface area (Å²) in [6.45, 7) is 2.14. The van der Waals surface area contributed by atoms with Gasteiger partial charge >= 0.3 is 0 Å². The Kier molecular flexibility index (Phi) is 1.30. The summed E-state index contributed by atoms with van der Waals surface area (Å²) < 4.78 is 5.58. The molecule has 0 aromatic rings. The minimum atomic E-state index is 0.441. The van der Waals surface area contributed by atoms with E-state index in [1.165, 1.54) is 18.6 Å². The van der Waals surface area contributed by atoms with Crippen LogP contribution in [0.3, 0.4) is 0 Å². The number of rotatable bonds is 0. The van der Waals surface area contributed by atoms with Gasteiger partial charge in [-0.25, -0.2) is 0 Å². The van der Waals surface area contributed by atoms with E-state index in [2.05, 4.69) is 25.2 Å². The monoisotopic (exact) mass is 136 g/mol. The van der Waals surface area contributed by atoms with Crippen molar-refractivity contribution < 1.29 is 4.74 Å². The van der Waals surface area contributed by atoms with E-state index in [9.17, 15) is 0 Å². The van der Waals surface area contributed by atoms with Crippen LogP contribution < -0.4 is 0 Å². The van der Waals surface area contributed by atoms with Gasteiger partial charge in [0.25, 0.3) is 0 Å². The molecule has 1 heterocycles. The van der Waals surface area contributed by atoms with Gasteiger partial charge in [0.15, 0.2) is 0 Å². The van der Waals surface area contributed by atoms with E-state index in [0.29, 0.717) is 12.0 Å². The van der Waals surface area contributed by atoms with E-state index in [1.54, 1.807) is 0 Å². The first-order chi connectivity index (χ1) is 4.86. The minimum Gasteiger partial charge on any atom is -0.495 e. The fourth-order valence-electron chi connectivity index (χ4n) is 1.69. The molecule has 0 saturated carbocycles. The molecule has 2 atom stereocenters. The van der Waals surface area contributed by atoms with Crippen molar-refractivity contribution in [1.82, 2.24) is 0 Å². The third kappa shape index (κ3) is 0.859. The summed E-state index contributed by atoms with van der Waals surface area (Å²) in [5.74, 6) is 1.90. The second-order valence-electron chi connectivity index (χ2n) is 3.09. The average Bonchev–Trinajstić information content (AvgIpc) is 2.27. The summed E-state index contributed by atoms with van der Waals surface area (Å²) in [7, 11) is 0. The second-order valence-corrected chi connectivity index (χ2v) is 3.09. The highest BCUT2D eigenvalue weighted by molar-refractivity contribution is 5.18. The Morgan fingerprint density at radius 3 is 3.30 bits per heavy atom. The zero-order valence-corrected chi connectivity index (χ0v) is 6.21. The van der Waals surface area contributed by atoms with Gasteiger partial charge in [-0.3, -0.25) is 0 Å². The van der Waals surface area contributed by atoms with Crippen molar-refractivity contribution in [3.63, 3.8) is 0 Å². The predicted octanol–water partition coefficient (Wildman–Crippen LogP) is 2.26. The molecule has 1 saturated heterocycles. The van der Waals surface area contributed by atoms with Crippen molar-refractivity contribution in [2.45, 2.75) is 25.9 Å². The normalized spacial score (nSPS) is 36.7. The quantitative estimate of drug-likeness (QED) is 0.496. The third-order valence-electron chi connectivity index (χ3n) is 2.17. The number of fused-ring (bicyclic) bond motifs is 1. The van der Waals surface area contributed by atoms with Crippen LogP contribution in [-0.2, 0) is 4.74 Å². The molecule has 0 amide bonds. The molecule has 0 aromatic carbocycles. The van der Waals surface area contributed by atoms with Gasteiger partial charge in [-0.1, -0.05) is 12.2 Å². The van der Waals surface area contributed by atoms with Crippen LogP contribution in [0.4, 0.5) is 0 Å². The standard InChI is InChI=1S/C9H12O/c1-7-6-8-4-2-3-5-9(8)10-7/h2-3,5,7-8H,4,6H2,1H3. The van der Waals surface area contributed by atoms with Gasteiger partial charge in [-0.05, 0) is 25.8 Å². The highest BCUT2D eigenvalue weighted by Gasteiger charge is 2.27. The van der Waals surface area contributed by atoms with Gasteiger partial charge in [0.2, 0.25) is 0 Å². The Balaban J connectivity index is 2.18. The first-order valence-corrected chi connectivity index (χ1v) is 3.89. The highest BCUT2D eigenvalue weighted by Crippen LogP contribution is 2.34. The van der Waals surface area contributed by atoms with Crippen LogP contribution in [0.1, 0.15) is 19.8 Å². The number of allylic oxidation sites excluding steroid dienone is 4. The lowest BCUT2D eigenvalue weighted by atomic mass is 9.96. The molecule has 0 radical (unpaired) electrons. The molecule has 0 spiro atoms. The van der Waals surface area contributed by atoms with Gasteiger partial charge in [0, 0.05) is 5.92 Å². The largest absolute Gasteiger partial charge is 0.495 e. The summed E-state index contributed by atoms with van der Waals surface area (Å²) in [5.41, 5.74) is 0. The molecule has 54 valence electrons. The smallest absolute Gasteiger partial charge is 0.0999 e. The number of ether oxygens (including phenoxy) is 1.